The van der Waals surface area contributed by atoms with E-state index in [1.54, 1.807) is 0 Å². The number of piperidine rings is 1. The quantitative estimate of drug-likeness (QED) is 0.863. The molecule has 0 amide bonds. The molecule has 1 unspecified atom stereocenters. The Bertz CT molecular complexity index is 681. The van der Waals surface area contributed by atoms with E-state index < -0.39 is 0 Å². The molecule has 3 heterocycles. The molecule has 0 bridgehead atoms. The van der Waals surface area contributed by atoms with Crippen LogP contribution in [-0.2, 0) is 19.9 Å². The fourth-order valence-corrected chi connectivity index (χ4v) is 4.32. The molecule has 2 aliphatic heterocycles. The Labute approximate surface area is 169 Å². The third-order valence-corrected chi connectivity index (χ3v) is 5.53. The van der Waals surface area contributed by atoms with Crippen LogP contribution in [0, 0.1) is 5.92 Å². The molecule has 0 radical (unpaired) electrons. The number of aromatic nitrogens is 2. The molecule has 1 saturated heterocycles. The molecular weight excluding hydrogens is 367 g/mol. The highest BCUT2D eigenvalue weighted by Gasteiger charge is 2.24. The molecule has 2 aromatic rings. The fourth-order valence-electron chi connectivity index (χ4n) is 4.32. The minimum absolute atomic E-state index is 0. The van der Waals surface area contributed by atoms with Crippen molar-refractivity contribution in [1.82, 2.24) is 20.0 Å². The normalized spacial score (nSPS) is 20.4. The number of nitrogens with one attached hydrogen (secondary N) is 1. The molecule has 1 atom stereocenters. The zero-order chi connectivity index (χ0) is 16.4. The predicted octanol–water partition coefficient (Wildman–Crippen LogP) is 3.33. The molecule has 0 saturated carbocycles. The average Bonchev–Trinajstić information content (AvgIpc) is 2.82. The molecule has 1 N–H and O–H groups in total. The summed E-state index contributed by atoms with van der Waals surface area (Å²) in [5.41, 5.74) is 5.37. The van der Waals surface area contributed by atoms with E-state index in [2.05, 4.69) is 52.3 Å². The van der Waals surface area contributed by atoms with Crippen molar-refractivity contribution in [3.8, 4) is 11.3 Å². The Hall–Kier alpha value is -1.07. The molecular formula is C20H30Cl2N4. The molecule has 0 aliphatic carbocycles. The van der Waals surface area contributed by atoms with E-state index >= 15 is 0 Å². The fraction of sp³-hybridized carbons (Fsp3) is 0.550. The topological polar surface area (TPSA) is 33.1 Å². The first kappa shape index (κ1) is 21.2. The van der Waals surface area contributed by atoms with E-state index in [0.29, 0.717) is 0 Å². The van der Waals surface area contributed by atoms with Gasteiger partial charge < -0.3 is 10.2 Å². The second-order valence-corrected chi connectivity index (χ2v) is 7.28. The first-order valence-corrected chi connectivity index (χ1v) is 9.34. The maximum atomic E-state index is 4.85. The number of rotatable bonds is 3. The van der Waals surface area contributed by atoms with Crippen LogP contribution < -0.4 is 5.32 Å². The molecule has 6 heteroatoms. The second kappa shape index (κ2) is 9.75. The molecule has 1 aromatic heterocycles. The standard InChI is InChI=1S/C20H28N4.2ClH/c1-23-20(17-7-3-2-4-8-17)18-9-12-24(13-10-19(18)22-23)15-16-6-5-11-21-14-16;;/h2-4,7-8,16,21H,5-6,9-15H2,1H3;2*1H. The van der Waals surface area contributed by atoms with Crippen molar-refractivity contribution in [2.45, 2.75) is 25.7 Å². The molecule has 144 valence electrons. The minimum atomic E-state index is 0. The number of nitrogens with zero attached hydrogens (tertiary/aromatic N) is 3. The monoisotopic (exact) mass is 396 g/mol. The van der Waals surface area contributed by atoms with E-state index in [1.807, 2.05) is 0 Å². The van der Waals surface area contributed by atoms with E-state index in [-0.39, 0.29) is 24.8 Å². The van der Waals surface area contributed by atoms with Gasteiger partial charge in [-0.15, -0.1) is 24.8 Å². The maximum Gasteiger partial charge on any atom is 0.0714 e. The maximum absolute atomic E-state index is 4.85. The lowest BCUT2D eigenvalue weighted by Gasteiger charge is -2.29. The van der Waals surface area contributed by atoms with Gasteiger partial charge in [0.05, 0.1) is 11.4 Å². The van der Waals surface area contributed by atoms with Gasteiger partial charge in [-0.05, 0) is 38.3 Å². The molecule has 26 heavy (non-hydrogen) atoms. The van der Waals surface area contributed by atoms with Crippen LogP contribution in [0.3, 0.4) is 0 Å². The summed E-state index contributed by atoms with van der Waals surface area (Å²) in [6, 6.07) is 10.7. The van der Waals surface area contributed by atoms with Gasteiger partial charge in [-0.2, -0.15) is 5.10 Å². The number of aryl methyl sites for hydroxylation is 1. The van der Waals surface area contributed by atoms with Crippen LogP contribution in [0.4, 0.5) is 0 Å². The molecule has 1 fully saturated rings. The van der Waals surface area contributed by atoms with Crippen LogP contribution in [0.2, 0.25) is 0 Å². The zero-order valence-corrected chi connectivity index (χ0v) is 17.1. The second-order valence-electron chi connectivity index (χ2n) is 7.28. The Morgan fingerprint density at radius 3 is 2.62 bits per heavy atom. The number of benzene rings is 1. The Morgan fingerprint density at radius 2 is 1.88 bits per heavy atom. The van der Waals surface area contributed by atoms with Crippen LogP contribution in [0.5, 0.6) is 0 Å². The van der Waals surface area contributed by atoms with Gasteiger partial charge in [0.15, 0.2) is 0 Å². The lowest BCUT2D eigenvalue weighted by Crippen LogP contribution is -2.39. The first-order chi connectivity index (χ1) is 11.8. The summed E-state index contributed by atoms with van der Waals surface area (Å²) in [4.78, 5) is 2.66. The summed E-state index contributed by atoms with van der Waals surface area (Å²) in [6.45, 7) is 5.94. The summed E-state index contributed by atoms with van der Waals surface area (Å²) in [6.07, 6.45) is 4.91. The van der Waals surface area contributed by atoms with Crippen molar-refractivity contribution in [3.63, 3.8) is 0 Å². The van der Waals surface area contributed by atoms with Crippen LogP contribution in [0.1, 0.15) is 24.1 Å². The van der Waals surface area contributed by atoms with Crippen molar-refractivity contribution in [1.29, 1.82) is 0 Å². The van der Waals surface area contributed by atoms with Gasteiger partial charge in [-0.1, -0.05) is 30.3 Å². The van der Waals surface area contributed by atoms with Crippen molar-refractivity contribution in [3.05, 3.63) is 41.6 Å². The van der Waals surface area contributed by atoms with Gasteiger partial charge in [-0.3, -0.25) is 4.68 Å². The third-order valence-electron chi connectivity index (χ3n) is 5.53. The third kappa shape index (κ3) is 4.61. The van der Waals surface area contributed by atoms with Gasteiger partial charge in [0.2, 0.25) is 0 Å². The van der Waals surface area contributed by atoms with E-state index in [9.17, 15) is 0 Å². The highest BCUT2D eigenvalue weighted by Crippen LogP contribution is 2.28. The molecule has 4 rings (SSSR count). The first-order valence-electron chi connectivity index (χ1n) is 9.34. The Balaban J connectivity index is 0.00000121. The molecule has 1 aromatic carbocycles. The highest BCUT2D eigenvalue weighted by molar-refractivity contribution is 5.85. The molecule has 0 spiro atoms. The van der Waals surface area contributed by atoms with Crippen LogP contribution >= 0.6 is 24.8 Å². The number of hydrogen-bond donors (Lipinski definition) is 1. The molecule has 4 nitrogen and oxygen atoms in total. The lowest BCUT2D eigenvalue weighted by molar-refractivity contribution is 0.215. The predicted molar refractivity (Wildman–Crippen MR) is 113 cm³/mol. The Morgan fingerprint density at radius 1 is 1.12 bits per heavy atom. The summed E-state index contributed by atoms with van der Waals surface area (Å²) in [5.74, 6) is 0.823. The van der Waals surface area contributed by atoms with Crippen LogP contribution in [0.15, 0.2) is 30.3 Å². The van der Waals surface area contributed by atoms with Gasteiger partial charge in [0, 0.05) is 44.2 Å². The largest absolute Gasteiger partial charge is 0.316 e. The van der Waals surface area contributed by atoms with Crippen molar-refractivity contribution >= 4 is 24.8 Å². The van der Waals surface area contributed by atoms with E-state index in [1.165, 1.54) is 55.0 Å². The van der Waals surface area contributed by atoms with E-state index in [4.69, 9.17) is 5.10 Å². The van der Waals surface area contributed by atoms with E-state index in [0.717, 1.165) is 31.8 Å². The van der Waals surface area contributed by atoms with Crippen molar-refractivity contribution in [2.75, 3.05) is 32.7 Å². The smallest absolute Gasteiger partial charge is 0.0714 e. The minimum Gasteiger partial charge on any atom is -0.316 e. The van der Waals surface area contributed by atoms with Crippen molar-refractivity contribution in [2.24, 2.45) is 13.0 Å². The van der Waals surface area contributed by atoms with Gasteiger partial charge >= 0.3 is 0 Å². The van der Waals surface area contributed by atoms with Crippen LogP contribution in [0.25, 0.3) is 11.3 Å². The number of halogens is 2. The molecule has 2 aliphatic rings. The summed E-state index contributed by atoms with van der Waals surface area (Å²) < 4.78 is 2.08. The Kier molecular flexibility index (Phi) is 7.96. The summed E-state index contributed by atoms with van der Waals surface area (Å²) >= 11 is 0. The average molecular weight is 397 g/mol. The summed E-state index contributed by atoms with van der Waals surface area (Å²) in [7, 11) is 2.09. The lowest BCUT2D eigenvalue weighted by atomic mass is 9.99. The SMILES string of the molecule is Cl.Cl.Cn1nc2c(c1-c1ccccc1)CCN(CC1CCCNC1)CC2. The van der Waals surface area contributed by atoms with Gasteiger partial charge in [0.1, 0.15) is 0 Å². The van der Waals surface area contributed by atoms with Gasteiger partial charge in [-0.25, -0.2) is 0 Å². The number of hydrogen-bond acceptors (Lipinski definition) is 3. The van der Waals surface area contributed by atoms with Crippen LogP contribution in [-0.4, -0.2) is 47.4 Å². The zero-order valence-electron chi connectivity index (χ0n) is 15.5. The number of fused-ring (bicyclic) bond motifs is 1. The summed E-state index contributed by atoms with van der Waals surface area (Å²) in [5, 5.41) is 8.39. The van der Waals surface area contributed by atoms with Crippen molar-refractivity contribution < 1.29 is 0 Å². The van der Waals surface area contributed by atoms with Gasteiger partial charge in [0.25, 0.3) is 0 Å². The highest BCUT2D eigenvalue weighted by atomic mass is 35.5.